The van der Waals surface area contributed by atoms with E-state index in [4.69, 9.17) is 10.6 Å². The zero-order valence-electron chi connectivity index (χ0n) is 7.42. The van der Waals surface area contributed by atoms with Crippen LogP contribution in [0.25, 0.3) is 0 Å². The molecular formula is C7H17N3O. The summed E-state index contributed by atoms with van der Waals surface area (Å²) in [6.07, 6.45) is 0.966. The Kier molecular flexibility index (Phi) is 5.78. The van der Waals surface area contributed by atoms with Crippen LogP contribution >= 0.6 is 0 Å². The number of rotatable bonds is 4. The summed E-state index contributed by atoms with van der Waals surface area (Å²) in [6.45, 7) is 4.75. The van der Waals surface area contributed by atoms with Crippen LogP contribution in [0, 0.1) is 0 Å². The van der Waals surface area contributed by atoms with Crippen molar-refractivity contribution in [1.82, 2.24) is 5.43 Å². The van der Waals surface area contributed by atoms with Gasteiger partial charge in [-0.05, 0) is 13.3 Å². The number of nitrogens with zero attached hydrogens (tertiary/aromatic N) is 1. The molecule has 4 nitrogen and oxygen atoms in total. The van der Waals surface area contributed by atoms with Crippen LogP contribution in [0.5, 0.6) is 0 Å². The maximum atomic E-state index is 5.23. The van der Waals surface area contributed by atoms with Crippen molar-refractivity contribution in [2.75, 3.05) is 13.7 Å². The van der Waals surface area contributed by atoms with Gasteiger partial charge in [0.15, 0.2) is 0 Å². The molecule has 0 bridgehead atoms. The molecule has 0 spiro atoms. The van der Waals surface area contributed by atoms with E-state index in [0.717, 1.165) is 13.0 Å². The molecule has 0 saturated carbocycles. The molecule has 1 atom stereocenters. The molecule has 0 aliphatic heterocycles. The predicted octanol–water partition coefficient (Wildman–Crippen LogP) is 0.293. The van der Waals surface area contributed by atoms with Gasteiger partial charge < -0.3 is 10.2 Å². The number of nitrogens with two attached hydrogens (primary N) is 1. The largest absolute Gasteiger partial charge is 0.374 e. The summed E-state index contributed by atoms with van der Waals surface area (Å²) in [7, 11) is 1.63. The van der Waals surface area contributed by atoms with Crippen LogP contribution in [0.15, 0.2) is 4.99 Å². The lowest BCUT2D eigenvalue weighted by Gasteiger charge is -2.11. The highest BCUT2D eigenvalue weighted by molar-refractivity contribution is 5.85. The first-order valence-corrected chi connectivity index (χ1v) is 3.80. The van der Waals surface area contributed by atoms with E-state index < -0.39 is 0 Å². The topological polar surface area (TPSA) is 59.6 Å². The fraction of sp³-hybridized carbons (Fsp3) is 0.857. The Bertz CT molecular complexity index is 125. The van der Waals surface area contributed by atoms with Gasteiger partial charge in [-0.3, -0.25) is 4.99 Å². The van der Waals surface area contributed by atoms with Gasteiger partial charge in [0.1, 0.15) is 11.9 Å². The third-order valence-corrected chi connectivity index (χ3v) is 1.39. The normalized spacial score (nSPS) is 14.7. The highest BCUT2D eigenvalue weighted by Crippen LogP contribution is 1.90. The number of hydrogen-bond donors (Lipinski definition) is 2. The van der Waals surface area contributed by atoms with Gasteiger partial charge in [0.2, 0.25) is 0 Å². The lowest BCUT2D eigenvalue weighted by Crippen LogP contribution is -2.39. The summed E-state index contributed by atoms with van der Waals surface area (Å²) in [5, 5.41) is 0. The SMILES string of the molecule is CCCN=C(NN)C(C)OC. The van der Waals surface area contributed by atoms with Crippen LogP contribution in [0.4, 0.5) is 0 Å². The Morgan fingerprint density at radius 3 is 2.73 bits per heavy atom. The molecule has 0 aromatic heterocycles. The molecule has 3 N–H and O–H groups in total. The molecule has 0 saturated heterocycles. The molecule has 0 fully saturated rings. The molecule has 0 heterocycles. The Hall–Kier alpha value is -0.610. The average Bonchev–Trinajstić information content (AvgIpc) is 2.05. The van der Waals surface area contributed by atoms with E-state index in [1.165, 1.54) is 0 Å². The van der Waals surface area contributed by atoms with Gasteiger partial charge >= 0.3 is 0 Å². The number of ether oxygens (including phenoxy) is 1. The van der Waals surface area contributed by atoms with E-state index >= 15 is 0 Å². The summed E-state index contributed by atoms with van der Waals surface area (Å²) < 4.78 is 5.03. The second-order valence-electron chi connectivity index (χ2n) is 2.29. The molecular weight excluding hydrogens is 142 g/mol. The Labute approximate surface area is 67.8 Å². The van der Waals surface area contributed by atoms with Gasteiger partial charge in [0.05, 0.1) is 0 Å². The van der Waals surface area contributed by atoms with Crippen LogP contribution in [-0.2, 0) is 4.74 Å². The van der Waals surface area contributed by atoms with Crippen LogP contribution in [-0.4, -0.2) is 25.6 Å². The highest BCUT2D eigenvalue weighted by atomic mass is 16.5. The maximum absolute atomic E-state index is 5.23. The van der Waals surface area contributed by atoms with Crippen molar-refractivity contribution in [2.24, 2.45) is 10.8 Å². The lowest BCUT2D eigenvalue weighted by molar-refractivity contribution is 0.167. The Morgan fingerprint density at radius 2 is 2.36 bits per heavy atom. The zero-order valence-corrected chi connectivity index (χ0v) is 7.42. The summed E-state index contributed by atoms with van der Waals surface area (Å²) >= 11 is 0. The molecule has 0 aliphatic carbocycles. The zero-order chi connectivity index (χ0) is 8.69. The molecule has 4 heteroatoms. The van der Waals surface area contributed by atoms with Gasteiger partial charge in [-0.25, -0.2) is 5.84 Å². The molecule has 66 valence electrons. The van der Waals surface area contributed by atoms with E-state index in [2.05, 4.69) is 17.3 Å². The molecule has 11 heavy (non-hydrogen) atoms. The van der Waals surface area contributed by atoms with Gasteiger partial charge in [0.25, 0.3) is 0 Å². The first-order chi connectivity index (χ1) is 5.26. The predicted molar refractivity (Wildman–Crippen MR) is 46.4 cm³/mol. The molecule has 0 aliphatic rings. The smallest absolute Gasteiger partial charge is 0.140 e. The van der Waals surface area contributed by atoms with E-state index in [9.17, 15) is 0 Å². The minimum Gasteiger partial charge on any atom is -0.374 e. The van der Waals surface area contributed by atoms with Gasteiger partial charge in [-0.2, -0.15) is 0 Å². The van der Waals surface area contributed by atoms with Crippen LogP contribution in [0.1, 0.15) is 20.3 Å². The van der Waals surface area contributed by atoms with E-state index in [1.54, 1.807) is 7.11 Å². The van der Waals surface area contributed by atoms with Crippen LogP contribution < -0.4 is 11.3 Å². The van der Waals surface area contributed by atoms with Crippen LogP contribution in [0.2, 0.25) is 0 Å². The number of hydrogen-bond acceptors (Lipinski definition) is 3. The summed E-state index contributed by atoms with van der Waals surface area (Å²) in [5.74, 6) is 5.93. The van der Waals surface area contributed by atoms with Crippen molar-refractivity contribution in [3.63, 3.8) is 0 Å². The van der Waals surface area contributed by atoms with Crippen molar-refractivity contribution >= 4 is 5.84 Å². The second kappa shape index (κ2) is 6.12. The third kappa shape index (κ3) is 3.95. The van der Waals surface area contributed by atoms with Crippen molar-refractivity contribution in [1.29, 1.82) is 0 Å². The number of nitrogens with one attached hydrogen (secondary N) is 1. The van der Waals surface area contributed by atoms with E-state index in [0.29, 0.717) is 5.84 Å². The third-order valence-electron chi connectivity index (χ3n) is 1.39. The molecule has 1 unspecified atom stereocenters. The quantitative estimate of drug-likeness (QED) is 0.268. The number of methoxy groups -OCH3 is 1. The fourth-order valence-corrected chi connectivity index (χ4v) is 0.635. The highest BCUT2D eigenvalue weighted by Gasteiger charge is 2.05. The molecule has 0 radical (unpaired) electrons. The summed E-state index contributed by atoms with van der Waals surface area (Å²) in [6, 6.07) is 0. The first kappa shape index (κ1) is 10.4. The van der Waals surface area contributed by atoms with Gasteiger partial charge in [0, 0.05) is 13.7 Å². The molecule has 0 aromatic carbocycles. The lowest BCUT2D eigenvalue weighted by atomic mass is 10.3. The Balaban J connectivity index is 3.91. The number of hydrazine groups is 1. The standard InChI is InChI=1S/C7H17N3O/c1-4-5-9-7(10-8)6(2)11-3/h6H,4-5,8H2,1-3H3,(H,9,10). The number of aliphatic imine (C=N–C) groups is 1. The number of amidine groups is 1. The van der Waals surface area contributed by atoms with Gasteiger partial charge in [-0.15, -0.1) is 0 Å². The average molecular weight is 159 g/mol. The monoisotopic (exact) mass is 159 g/mol. The summed E-state index contributed by atoms with van der Waals surface area (Å²) in [5.41, 5.74) is 2.51. The Morgan fingerprint density at radius 1 is 1.73 bits per heavy atom. The fourth-order valence-electron chi connectivity index (χ4n) is 0.635. The minimum atomic E-state index is -0.0495. The van der Waals surface area contributed by atoms with Crippen molar-refractivity contribution in [2.45, 2.75) is 26.4 Å². The first-order valence-electron chi connectivity index (χ1n) is 3.80. The second-order valence-corrected chi connectivity index (χ2v) is 2.29. The molecule has 0 amide bonds. The van der Waals surface area contributed by atoms with Crippen molar-refractivity contribution < 1.29 is 4.74 Å². The summed E-state index contributed by atoms with van der Waals surface area (Å²) in [4.78, 5) is 4.19. The van der Waals surface area contributed by atoms with Gasteiger partial charge in [-0.1, -0.05) is 6.92 Å². The molecule has 0 rings (SSSR count). The maximum Gasteiger partial charge on any atom is 0.140 e. The van der Waals surface area contributed by atoms with Crippen molar-refractivity contribution in [3.05, 3.63) is 0 Å². The van der Waals surface area contributed by atoms with E-state index in [1.807, 2.05) is 6.92 Å². The van der Waals surface area contributed by atoms with E-state index in [-0.39, 0.29) is 6.10 Å². The molecule has 0 aromatic rings. The minimum absolute atomic E-state index is 0.0495. The van der Waals surface area contributed by atoms with Crippen LogP contribution in [0.3, 0.4) is 0 Å². The van der Waals surface area contributed by atoms with Crippen molar-refractivity contribution in [3.8, 4) is 0 Å².